The summed E-state index contributed by atoms with van der Waals surface area (Å²) in [5.74, 6) is -0.658. The fourth-order valence-electron chi connectivity index (χ4n) is 3.81. The summed E-state index contributed by atoms with van der Waals surface area (Å²) in [6.45, 7) is 0. The van der Waals surface area contributed by atoms with Gasteiger partial charge in [0.2, 0.25) is 0 Å². The van der Waals surface area contributed by atoms with Gasteiger partial charge in [-0.1, -0.05) is 36.4 Å². The Bertz CT molecular complexity index is 1140. The van der Waals surface area contributed by atoms with E-state index in [1.807, 2.05) is 0 Å². The number of hydrogen-bond acceptors (Lipinski definition) is 7. The normalized spacial score (nSPS) is 13.7. The number of imide groups is 1. The van der Waals surface area contributed by atoms with Crippen molar-refractivity contribution in [1.82, 2.24) is 5.06 Å². The molecule has 0 spiro atoms. The number of nitrogens with zero attached hydrogens (tertiary/aromatic N) is 1. The van der Waals surface area contributed by atoms with Crippen LogP contribution < -0.4 is 9.47 Å². The predicted molar refractivity (Wildman–Crippen MR) is 121 cm³/mol. The van der Waals surface area contributed by atoms with Crippen molar-refractivity contribution in [2.45, 2.75) is 18.4 Å². The zero-order valence-corrected chi connectivity index (χ0v) is 18.7. The van der Waals surface area contributed by atoms with Gasteiger partial charge >= 0.3 is 5.97 Å². The Hall–Kier alpha value is -4.17. The summed E-state index contributed by atoms with van der Waals surface area (Å²) >= 11 is 0. The molecule has 3 aromatic rings. The van der Waals surface area contributed by atoms with Crippen molar-refractivity contribution in [2.24, 2.45) is 0 Å². The Morgan fingerprint density at radius 1 is 0.735 bits per heavy atom. The summed E-state index contributed by atoms with van der Waals surface area (Å²) in [7, 11) is 3.12. The van der Waals surface area contributed by atoms with Crippen molar-refractivity contribution in [3.8, 4) is 11.5 Å². The van der Waals surface area contributed by atoms with Crippen LogP contribution in [-0.4, -0.2) is 42.2 Å². The molecule has 0 radical (unpaired) electrons. The summed E-state index contributed by atoms with van der Waals surface area (Å²) in [6, 6.07) is 20.2. The van der Waals surface area contributed by atoms with Crippen molar-refractivity contribution < 1.29 is 33.8 Å². The molecule has 1 fully saturated rings. The van der Waals surface area contributed by atoms with E-state index in [4.69, 9.17) is 14.3 Å². The number of aliphatic hydroxyl groups is 1. The molecule has 1 saturated heterocycles. The van der Waals surface area contributed by atoms with Crippen molar-refractivity contribution >= 4 is 17.8 Å². The standard InChI is InChI=1S/C26H23NO7/c1-32-21-11-7-19(8-12-21)26(31,20-9-13-22(33-2)14-10-20)18-5-3-17(4-6-18)25(30)34-27-23(28)15-16-24(27)29/h3-14,31H,15-16H2,1-2H3. The lowest BCUT2D eigenvalue weighted by Gasteiger charge is -2.30. The van der Waals surface area contributed by atoms with E-state index in [1.165, 1.54) is 12.1 Å². The van der Waals surface area contributed by atoms with Gasteiger partial charge in [-0.05, 0) is 53.1 Å². The molecule has 3 aromatic carbocycles. The summed E-state index contributed by atoms with van der Waals surface area (Å²) in [5, 5.41) is 12.5. The van der Waals surface area contributed by atoms with Crippen LogP contribution >= 0.6 is 0 Å². The highest BCUT2D eigenvalue weighted by molar-refractivity contribution is 6.02. The van der Waals surface area contributed by atoms with Gasteiger partial charge < -0.3 is 19.4 Å². The third-order valence-corrected chi connectivity index (χ3v) is 5.73. The van der Waals surface area contributed by atoms with Crippen LogP contribution in [0.25, 0.3) is 0 Å². The molecular weight excluding hydrogens is 438 g/mol. The van der Waals surface area contributed by atoms with Crippen LogP contribution in [0.1, 0.15) is 39.9 Å². The van der Waals surface area contributed by atoms with Crippen molar-refractivity contribution in [3.63, 3.8) is 0 Å². The number of amides is 2. The Balaban J connectivity index is 1.69. The number of benzene rings is 3. The monoisotopic (exact) mass is 461 g/mol. The third kappa shape index (κ3) is 4.23. The van der Waals surface area contributed by atoms with E-state index < -0.39 is 23.4 Å². The Morgan fingerprint density at radius 2 is 1.12 bits per heavy atom. The molecule has 0 aromatic heterocycles. The largest absolute Gasteiger partial charge is 0.497 e. The molecule has 1 N–H and O–H groups in total. The quantitative estimate of drug-likeness (QED) is 0.426. The van der Waals surface area contributed by atoms with Crippen LogP contribution in [0.3, 0.4) is 0 Å². The molecule has 8 nitrogen and oxygen atoms in total. The van der Waals surface area contributed by atoms with Gasteiger partial charge in [0.15, 0.2) is 0 Å². The molecule has 34 heavy (non-hydrogen) atoms. The Morgan fingerprint density at radius 3 is 1.50 bits per heavy atom. The van der Waals surface area contributed by atoms with Crippen LogP contribution in [0.2, 0.25) is 0 Å². The third-order valence-electron chi connectivity index (χ3n) is 5.73. The van der Waals surface area contributed by atoms with E-state index >= 15 is 0 Å². The number of rotatable bonds is 7. The number of hydrogen-bond donors (Lipinski definition) is 1. The minimum Gasteiger partial charge on any atom is -0.497 e. The highest BCUT2D eigenvalue weighted by atomic mass is 16.7. The predicted octanol–water partition coefficient (Wildman–Crippen LogP) is 3.21. The lowest BCUT2D eigenvalue weighted by Crippen LogP contribution is -2.32. The maximum absolute atomic E-state index is 12.5. The topological polar surface area (TPSA) is 102 Å². The fraction of sp³-hybridized carbons (Fsp3) is 0.192. The average Bonchev–Trinajstić information content (AvgIpc) is 3.20. The van der Waals surface area contributed by atoms with E-state index in [0.717, 1.165) is 0 Å². The summed E-state index contributed by atoms with van der Waals surface area (Å²) in [4.78, 5) is 40.9. The number of carbonyl (C=O) groups excluding carboxylic acids is 3. The smallest absolute Gasteiger partial charge is 0.363 e. The second kappa shape index (κ2) is 9.36. The van der Waals surface area contributed by atoms with E-state index in [1.54, 1.807) is 74.9 Å². The number of carbonyl (C=O) groups is 3. The maximum atomic E-state index is 12.5. The van der Waals surface area contributed by atoms with Gasteiger partial charge in [0, 0.05) is 12.8 Å². The molecule has 1 aliphatic heterocycles. The van der Waals surface area contributed by atoms with Crippen molar-refractivity contribution in [3.05, 3.63) is 95.1 Å². The molecule has 2 amide bonds. The molecule has 0 aliphatic carbocycles. The first-order valence-corrected chi connectivity index (χ1v) is 10.6. The zero-order chi connectivity index (χ0) is 24.3. The molecule has 0 atom stereocenters. The second-order valence-corrected chi connectivity index (χ2v) is 7.71. The van der Waals surface area contributed by atoms with Gasteiger partial charge in [0.1, 0.15) is 17.1 Å². The SMILES string of the molecule is COc1ccc(C(O)(c2ccc(OC)cc2)c2ccc(C(=O)ON3C(=O)CCC3=O)cc2)cc1. The Labute approximate surface area is 196 Å². The van der Waals surface area contributed by atoms with Crippen molar-refractivity contribution in [1.29, 1.82) is 0 Å². The highest BCUT2D eigenvalue weighted by Crippen LogP contribution is 2.38. The van der Waals surface area contributed by atoms with Gasteiger partial charge in [-0.25, -0.2) is 4.79 Å². The van der Waals surface area contributed by atoms with Crippen LogP contribution in [0.5, 0.6) is 11.5 Å². The van der Waals surface area contributed by atoms with E-state index in [-0.39, 0.29) is 18.4 Å². The molecule has 0 unspecified atom stereocenters. The van der Waals surface area contributed by atoms with Crippen molar-refractivity contribution in [2.75, 3.05) is 14.2 Å². The van der Waals surface area contributed by atoms with Gasteiger partial charge in [0.25, 0.3) is 11.8 Å². The van der Waals surface area contributed by atoms with Crippen LogP contribution in [0.4, 0.5) is 0 Å². The van der Waals surface area contributed by atoms with E-state index in [0.29, 0.717) is 33.3 Å². The number of methoxy groups -OCH3 is 2. The summed E-state index contributed by atoms with van der Waals surface area (Å²) in [5.41, 5.74) is 0.238. The molecule has 8 heteroatoms. The minimum atomic E-state index is -1.55. The molecular formula is C26H23NO7. The fourth-order valence-corrected chi connectivity index (χ4v) is 3.81. The minimum absolute atomic E-state index is 0.0157. The average molecular weight is 461 g/mol. The molecule has 174 valence electrons. The zero-order valence-electron chi connectivity index (χ0n) is 18.7. The first-order chi connectivity index (χ1) is 16.4. The van der Waals surface area contributed by atoms with Gasteiger partial charge in [0.05, 0.1) is 19.8 Å². The second-order valence-electron chi connectivity index (χ2n) is 7.71. The lowest BCUT2D eigenvalue weighted by atomic mass is 9.80. The number of hydroxylamine groups is 2. The maximum Gasteiger partial charge on any atom is 0.363 e. The van der Waals surface area contributed by atoms with Crippen LogP contribution in [0.15, 0.2) is 72.8 Å². The summed E-state index contributed by atoms with van der Waals surface area (Å²) in [6.07, 6.45) is 0.0314. The van der Waals surface area contributed by atoms with Gasteiger partial charge in [-0.2, -0.15) is 0 Å². The molecule has 4 rings (SSSR count). The summed E-state index contributed by atoms with van der Waals surface area (Å²) < 4.78 is 10.5. The van der Waals surface area contributed by atoms with Gasteiger partial charge in [-0.15, -0.1) is 5.06 Å². The van der Waals surface area contributed by atoms with Crippen LogP contribution in [-0.2, 0) is 20.0 Å². The van der Waals surface area contributed by atoms with Gasteiger partial charge in [-0.3, -0.25) is 9.59 Å². The van der Waals surface area contributed by atoms with E-state index in [2.05, 4.69) is 0 Å². The molecule has 0 saturated carbocycles. The number of ether oxygens (including phenoxy) is 2. The molecule has 1 aliphatic rings. The highest BCUT2D eigenvalue weighted by Gasteiger charge is 2.35. The lowest BCUT2D eigenvalue weighted by molar-refractivity contribution is -0.172. The Kier molecular flexibility index (Phi) is 6.34. The van der Waals surface area contributed by atoms with Crippen LogP contribution in [0, 0.1) is 0 Å². The molecule has 0 bridgehead atoms. The van der Waals surface area contributed by atoms with E-state index in [9.17, 15) is 19.5 Å². The first-order valence-electron chi connectivity index (χ1n) is 10.6. The molecule has 1 heterocycles. The first kappa shape index (κ1) is 23.0.